The Morgan fingerprint density at radius 2 is 2.05 bits per heavy atom. The molecule has 2 rings (SSSR count). The Hall–Kier alpha value is -2.50. The van der Waals surface area contributed by atoms with Gasteiger partial charge in [-0.3, -0.25) is 10.1 Å². The van der Waals surface area contributed by atoms with Gasteiger partial charge < -0.3 is 15.1 Å². The molecule has 6 heteroatoms. The molecule has 0 saturated heterocycles. The molecule has 2 aromatic rings. The fourth-order valence-corrected chi connectivity index (χ4v) is 2.10. The molecule has 0 bridgehead atoms. The van der Waals surface area contributed by atoms with Crippen molar-refractivity contribution in [1.82, 2.24) is 0 Å². The average molecular weight is 289 g/mol. The van der Waals surface area contributed by atoms with E-state index < -0.39 is 0 Å². The van der Waals surface area contributed by atoms with Crippen molar-refractivity contribution in [3.05, 3.63) is 52.5 Å². The number of nitro groups is 1. The Kier molecular flexibility index (Phi) is 4.81. The number of hydrogen-bond acceptors (Lipinski definition) is 5. The number of nitro benzene ring substituents is 1. The minimum atomic E-state index is -0.366. The zero-order valence-electron chi connectivity index (χ0n) is 12.1. The highest BCUT2D eigenvalue weighted by Gasteiger charge is 2.21. The maximum Gasteiger partial charge on any atom is 0.315 e. The Morgan fingerprint density at radius 1 is 1.29 bits per heavy atom. The maximum absolute atomic E-state index is 11.4. The van der Waals surface area contributed by atoms with Crippen molar-refractivity contribution in [3.63, 3.8) is 0 Å². The van der Waals surface area contributed by atoms with Crippen LogP contribution in [0, 0.1) is 10.1 Å². The first-order chi connectivity index (χ1) is 10.1. The van der Waals surface area contributed by atoms with E-state index in [-0.39, 0.29) is 16.7 Å². The van der Waals surface area contributed by atoms with Gasteiger partial charge in [0.05, 0.1) is 17.2 Å². The lowest BCUT2D eigenvalue weighted by Gasteiger charge is -2.15. The number of benzene rings is 1. The van der Waals surface area contributed by atoms with E-state index in [1.54, 1.807) is 30.5 Å². The number of furan rings is 1. The largest absolute Gasteiger partial charge is 0.467 e. The fraction of sp³-hybridized carbons (Fsp3) is 0.333. The fourth-order valence-electron chi connectivity index (χ4n) is 2.10. The van der Waals surface area contributed by atoms with Crippen LogP contribution in [0.2, 0.25) is 0 Å². The first-order valence-electron chi connectivity index (χ1n) is 6.94. The summed E-state index contributed by atoms with van der Waals surface area (Å²) >= 11 is 0. The standard InChI is InChI=1S/C15H19N3O3/c1-3-9-16-12-6-4-7-13(15(12)18(19)20)17-11(2)14-8-5-10-21-14/h4-8,10-11,16-17H,3,9H2,1-2H3. The van der Waals surface area contributed by atoms with E-state index >= 15 is 0 Å². The van der Waals surface area contributed by atoms with E-state index in [0.717, 1.165) is 12.2 Å². The number of nitrogens with one attached hydrogen (secondary N) is 2. The highest BCUT2D eigenvalue weighted by atomic mass is 16.6. The Bertz CT molecular complexity index is 596. The van der Waals surface area contributed by atoms with Gasteiger partial charge in [0.15, 0.2) is 0 Å². The van der Waals surface area contributed by atoms with Crippen molar-refractivity contribution in [2.75, 3.05) is 17.2 Å². The molecule has 1 heterocycles. The van der Waals surface area contributed by atoms with E-state index in [1.807, 2.05) is 19.9 Å². The number of anilines is 2. The molecule has 1 atom stereocenters. The number of para-hydroxylation sites is 1. The van der Waals surface area contributed by atoms with Gasteiger partial charge in [0.1, 0.15) is 17.1 Å². The van der Waals surface area contributed by atoms with Crippen LogP contribution in [0.1, 0.15) is 32.1 Å². The van der Waals surface area contributed by atoms with E-state index in [9.17, 15) is 10.1 Å². The Balaban J connectivity index is 2.27. The molecule has 0 amide bonds. The van der Waals surface area contributed by atoms with Gasteiger partial charge in [-0.05, 0) is 37.6 Å². The van der Waals surface area contributed by atoms with E-state index in [1.165, 1.54) is 0 Å². The molecule has 21 heavy (non-hydrogen) atoms. The third-order valence-electron chi connectivity index (χ3n) is 3.13. The van der Waals surface area contributed by atoms with Gasteiger partial charge in [-0.1, -0.05) is 13.0 Å². The molecule has 0 saturated carbocycles. The van der Waals surface area contributed by atoms with E-state index in [0.29, 0.717) is 17.9 Å². The predicted octanol–water partition coefficient (Wildman–Crippen LogP) is 4.18. The summed E-state index contributed by atoms with van der Waals surface area (Å²) in [5, 5.41) is 17.6. The molecule has 0 aliphatic carbocycles. The van der Waals surface area contributed by atoms with Gasteiger partial charge in [-0.15, -0.1) is 0 Å². The van der Waals surface area contributed by atoms with Crippen molar-refractivity contribution in [3.8, 4) is 0 Å². The first-order valence-corrected chi connectivity index (χ1v) is 6.94. The number of hydrogen-bond donors (Lipinski definition) is 2. The van der Waals surface area contributed by atoms with Crippen LogP contribution in [0.4, 0.5) is 17.1 Å². The van der Waals surface area contributed by atoms with Crippen molar-refractivity contribution in [1.29, 1.82) is 0 Å². The van der Waals surface area contributed by atoms with Gasteiger partial charge in [-0.25, -0.2) is 0 Å². The third-order valence-corrected chi connectivity index (χ3v) is 3.13. The predicted molar refractivity (Wildman–Crippen MR) is 82.6 cm³/mol. The Labute approximate surface area is 123 Å². The van der Waals surface area contributed by atoms with Gasteiger partial charge in [0.25, 0.3) is 0 Å². The summed E-state index contributed by atoms with van der Waals surface area (Å²) in [6.45, 7) is 4.60. The highest BCUT2D eigenvalue weighted by molar-refractivity contribution is 5.76. The molecule has 1 aromatic carbocycles. The third kappa shape index (κ3) is 3.53. The lowest BCUT2D eigenvalue weighted by molar-refractivity contribution is -0.383. The van der Waals surface area contributed by atoms with Crippen LogP contribution < -0.4 is 10.6 Å². The molecule has 0 radical (unpaired) electrons. The summed E-state index contributed by atoms with van der Waals surface area (Å²) in [4.78, 5) is 11.0. The van der Waals surface area contributed by atoms with Crippen LogP contribution in [0.5, 0.6) is 0 Å². The topological polar surface area (TPSA) is 80.3 Å². The molecule has 0 aliphatic heterocycles. The van der Waals surface area contributed by atoms with Gasteiger partial charge in [0, 0.05) is 6.54 Å². The molecule has 1 aromatic heterocycles. The second-order valence-electron chi connectivity index (χ2n) is 4.77. The minimum Gasteiger partial charge on any atom is -0.467 e. The van der Waals surface area contributed by atoms with E-state index in [4.69, 9.17) is 4.42 Å². The lowest BCUT2D eigenvalue weighted by Crippen LogP contribution is -2.10. The second-order valence-corrected chi connectivity index (χ2v) is 4.77. The van der Waals surface area contributed by atoms with E-state index in [2.05, 4.69) is 10.6 Å². The SMILES string of the molecule is CCCNc1cccc(NC(C)c2ccco2)c1[N+](=O)[O-]. The molecule has 0 fully saturated rings. The van der Waals surface area contributed by atoms with Crippen molar-refractivity contribution in [2.45, 2.75) is 26.3 Å². The highest BCUT2D eigenvalue weighted by Crippen LogP contribution is 2.34. The van der Waals surface area contributed by atoms with Gasteiger partial charge in [-0.2, -0.15) is 0 Å². The van der Waals surface area contributed by atoms with Crippen LogP contribution in [-0.4, -0.2) is 11.5 Å². The number of nitrogens with zero attached hydrogens (tertiary/aromatic N) is 1. The molecular weight excluding hydrogens is 270 g/mol. The van der Waals surface area contributed by atoms with Crippen LogP contribution in [0.25, 0.3) is 0 Å². The minimum absolute atomic E-state index is 0.0596. The summed E-state index contributed by atoms with van der Waals surface area (Å²) in [6, 6.07) is 8.69. The van der Waals surface area contributed by atoms with Crippen LogP contribution >= 0.6 is 0 Å². The normalized spacial score (nSPS) is 11.9. The summed E-state index contributed by atoms with van der Waals surface area (Å²) in [7, 11) is 0. The summed E-state index contributed by atoms with van der Waals surface area (Å²) in [5.41, 5.74) is 1.06. The molecular formula is C15H19N3O3. The van der Waals surface area contributed by atoms with Crippen LogP contribution in [0.15, 0.2) is 41.0 Å². The van der Waals surface area contributed by atoms with Gasteiger partial charge in [0.2, 0.25) is 0 Å². The zero-order chi connectivity index (χ0) is 15.2. The lowest BCUT2D eigenvalue weighted by atomic mass is 10.2. The molecule has 0 aliphatic rings. The first kappa shape index (κ1) is 14.9. The van der Waals surface area contributed by atoms with Gasteiger partial charge >= 0.3 is 5.69 Å². The average Bonchev–Trinajstić information content (AvgIpc) is 2.99. The molecule has 1 unspecified atom stereocenters. The molecule has 0 spiro atoms. The molecule has 2 N–H and O–H groups in total. The summed E-state index contributed by atoms with van der Waals surface area (Å²) in [5.74, 6) is 0.733. The second kappa shape index (κ2) is 6.78. The summed E-state index contributed by atoms with van der Waals surface area (Å²) in [6.07, 6.45) is 2.48. The van der Waals surface area contributed by atoms with Crippen LogP contribution in [0.3, 0.4) is 0 Å². The monoisotopic (exact) mass is 289 g/mol. The maximum atomic E-state index is 11.4. The van der Waals surface area contributed by atoms with Crippen molar-refractivity contribution < 1.29 is 9.34 Å². The quantitative estimate of drug-likeness (QED) is 0.590. The number of rotatable bonds is 7. The Morgan fingerprint density at radius 3 is 2.67 bits per heavy atom. The van der Waals surface area contributed by atoms with Crippen molar-refractivity contribution >= 4 is 17.1 Å². The van der Waals surface area contributed by atoms with Crippen LogP contribution in [-0.2, 0) is 0 Å². The molecule has 6 nitrogen and oxygen atoms in total. The molecule has 112 valence electrons. The zero-order valence-corrected chi connectivity index (χ0v) is 12.1. The van der Waals surface area contributed by atoms with Crippen molar-refractivity contribution in [2.24, 2.45) is 0 Å². The smallest absolute Gasteiger partial charge is 0.315 e. The summed E-state index contributed by atoms with van der Waals surface area (Å²) < 4.78 is 5.31.